The van der Waals surface area contributed by atoms with Crippen LogP contribution in [0.1, 0.15) is 6.92 Å². The molecule has 1 aromatic carbocycles. The highest BCUT2D eigenvalue weighted by atomic mass is 35.5. The Morgan fingerprint density at radius 2 is 2.16 bits per heavy atom. The summed E-state index contributed by atoms with van der Waals surface area (Å²) in [5.74, 6) is -0.291. The van der Waals surface area contributed by atoms with Crippen LogP contribution in [0.3, 0.4) is 0 Å². The van der Waals surface area contributed by atoms with Crippen molar-refractivity contribution in [3.63, 3.8) is 0 Å². The zero-order valence-electron chi connectivity index (χ0n) is 13.9. The fourth-order valence-corrected chi connectivity index (χ4v) is 3.68. The molecule has 1 amide bonds. The number of likely N-dealkylation sites (N-methyl/N-ethyl adjacent to an activating group) is 1. The number of carbonyl (C=O) groups excluding carboxylic acids is 1. The van der Waals surface area contributed by atoms with Gasteiger partial charge in [-0.2, -0.15) is 4.31 Å². The predicted octanol–water partition coefficient (Wildman–Crippen LogP) is 0.457. The number of piperazine rings is 1. The van der Waals surface area contributed by atoms with Gasteiger partial charge in [0.05, 0.1) is 16.4 Å². The number of amides is 1. The van der Waals surface area contributed by atoms with E-state index in [0.717, 1.165) is 10.4 Å². The molecule has 9 nitrogen and oxygen atoms in total. The van der Waals surface area contributed by atoms with Gasteiger partial charge >= 0.3 is 0 Å². The van der Waals surface area contributed by atoms with Crippen molar-refractivity contribution in [2.24, 2.45) is 0 Å². The van der Waals surface area contributed by atoms with Crippen molar-refractivity contribution >= 4 is 34.0 Å². The zero-order chi connectivity index (χ0) is 17.9. The summed E-state index contributed by atoms with van der Waals surface area (Å²) in [6.07, 6.45) is 0. The van der Waals surface area contributed by atoms with Gasteiger partial charge in [0.1, 0.15) is 0 Å². The molecule has 0 radical (unpaired) electrons. The molecule has 0 aliphatic carbocycles. The normalized spacial score (nSPS) is 17.9. The first-order valence-corrected chi connectivity index (χ1v) is 8.88. The van der Waals surface area contributed by atoms with Gasteiger partial charge in [-0.3, -0.25) is 14.9 Å². The van der Waals surface area contributed by atoms with Crippen molar-refractivity contribution in [1.82, 2.24) is 14.5 Å². The maximum Gasteiger partial charge on any atom is 0.270 e. The van der Waals surface area contributed by atoms with Crippen molar-refractivity contribution in [1.29, 1.82) is 0 Å². The highest BCUT2D eigenvalue weighted by molar-refractivity contribution is 7.89. The predicted molar refractivity (Wildman–Crippen MR) is 94.2 cm³/mol. The monoisotopic (exact) mass is 392 g/mol. The maximum absolute atomic E-state index is 12.5. The first kappa shape index (κ1) is 21.3. The summed E-state index contributed by atoms with van der Waals surface area (Å²) in [6, 6.07) is 4.77. The summed E-state index contributed by atoms with van der Waals surface area (Å²) in [5.41, 5.74) is -0.313. The van der Waals surface area contributed by atoms with E-state index >= 15 is 0 Å². The lowest BCUT2D eigenvalue weighted by molar-refractivity contribution is -0.385. The quantitative estimate of drug-likeness (QED) is 0.575. The highest BCUT2D eigenvalue weighted by Crippen LogP contribution is 2.20. The lowest BCUT2D eigenvalue weighted by atomic mass is 10.2. The summed E-state index contributed by atoms with van der Waals surface area (Å²) in [6.45, 7) is 3.42. The molecule has 0 bridgehead atoms. The van der Waals surface area contributed by atoms with E-state index in [1.807, 2.05) is 6.92 Å². The average molecular weight is 393 g/mol. The number of rotatable bonds is 5. The van der Waals surface area contributed by atoms with Crippen molar-refractivity contribution in [2.45, 2.75) is 17.9 Å². The molecule has 1 aliphatic heterocycles. The Morgan fingerprint density at radius 3 is 2.76 bits per heavy atom. The number of non-ortho nitro benzene ring substituents is 1. The fraction of sp³-hybridized carbons (Fsp3) is 0.500. The van der Waals surface area contributed by atoms with E-state index in [1.165, 1.54) is 25.2 Å². The van der Waals surface area contributed by atoms with Crippen LogP contribution in [0.2, 0.25) is 0 Å². The second-order valence-electron chi connectivity index (χ2n) is 5.66. The number of nitrogens with zero attached hydrogens (tertiary/aromatic N) is 3. The number of hydrogen-bond donors (Lipinski definition) is 1. The molecule has 1 N–H and O–H groups in total. The first-order chi connectivity index (χ1) is 11.2. The van der Waals surface area contributed by atoms with Crippen LogP contribution in [0.25, 0.3) is 0 Å². The van der Waals surface area contributed by atoms with Crippen molar-refractivity contribution in [3.05, 3.63) is 34.4 Å². The first-order valence-electron chi connectivity index (χ1n) is 7.44. The third-order valence-electron chi connectivity index (χ3n) is 3.92. The molecule has 25 heavy (non-hydrogen) atoms. The molecule has 1 aliphatic rings. The van der Waals surface area contributed by atoms with Gasteiger partial charge in [0.2, 0.25) is 15.9 Å². The van der Waals surface area contributed by atoms with Gasteiger partial charge < -0.3 is 10.2 Å². The average Bonchev–Trinajstić information content (AvgIpc) is 2.55. The zero-order valence-corrected chi connectivity index (χ0v) is 15.5. The Bertz CT molecular complexity index is 742. The van der Waals surface area contributed by atoms with Crippen molar-refractivity contribution in [2.75, 3.05) is 33.2 Å². The molecule has 1 heterocycles. The van der Waals surface area contributed by atoms with Gasteiger partial charge in [0, 0.05) is 44.9 Å². The Balaban J connectivity index is 0.00000312. The Labute approximate surface area is 152 Å². The van der Waals surface area contributed by atoms with Gasteiger partial charge in [0.25, 0.3) is 5.69 Å². The lowest BCUT2D eigenvalue weighted by Gasteiger charge is -2.34. The second kappa shape index (κ2) is 8.56. The second-order valence-corrected chi connectivity index (χ2v) is 7.70. The summed E-state index contributed by atoms with van der Waals surface area (Å²) in [7, 11) is -2.69. The number of nitro benzene ring substituents is 1. The van der Waals surface area contributed by atoms with E-state index in [0.29, 0.717) is 19.6 Å². The van der Waals surface area contributed by atoms with Crippen LogP contribution in [0.4, 0.5) is 5.69 Å². The molecule has 2 rings (SSSR count). The van der Waals surface area contributed by atoms with Crippen LogP contribution in [-0.4, -0.2) is 67.7 Å². The van der Waals surface area contributed by atoms with Gasteiger partial charge in [-0.25, -0.2) is 8.42 Å². The molecule has 0 saturated carbocycles. The number of carbonyl (C=O) groups is 1. The third kappa shape index (κ3) is 4.88. The molecule has 1 atom stereocenters. The van der Waals surface area contributed by atoms with Crippen LogP contribution in [0.5, 0.6) is 0 Å². The Kier molecular flexibility index (Phi) is 7.29. The highest BCUT2D eigenvalue weighted by Gasteiger charge is 2.29. The summed E-state index contributed by atoms with van der Waals surface area (Å²) in [4.78, 5) is 23.9. The molecule has 1 saturated heterocycles. The smallest absolute Gasteiger partial charge is 0.270 e. The topological polar surface area (TPSA) is 113 Å². The van der Waals surface area contributed by atoms with Crippen molar-refractivity contribution in [3.8, 4) is 0 Å². The van der Waals surface area contributed by atoms with Gasteiger partial charge in [-0.15, -0.1) is 12.4 Å². The van der Waals surface area contributed by atoms with E-state index in [4.69, 9.17) is 0 Å². The molecular formula is C14H21ClN4O5S. The van der Waals surface area contributed by atoms with Crippen molar-refractivity contribution < 1.29 is 18.1 Å². The maximum atomic E-state index is 12.5. The van der Waals surface area contributed by atoms with E-state index in [-0.39, 0.29) is 41.5 Å². The SMILES string of the molecule is CC1CNCCN1C(=O)CN(C)S(=O)(=O)c1cccc([N+](=O)[O-])c1.Cl. The van der Waals surface area contributed by atoms with Gasteiger partial charge in [-0.1, -0.05) is 6.07 Å². The summed E-state index contributed by atoms with van der Waals surface area (Å²) >= 11 is 0. The molecule has 11 heteroatoms. The van der Waals surface area contributed by atoms with Crippen LogP contribution in [-0.2, 0) is 14.8 Å². The Hall–Kier alpha value is -1.75. The number of nitro groups is 1. The van der Waals surface area contributed by atoms with Crippen LogP contribution < -0.4 is 5.32 Å². The summed E-state index contributed by atoms with van der Waals surface area (Å²) in [5, 5.41) is 14.0. The van der Waals surface area contributed by atoms with E-state index < -0.39 is 14.9 Å². The minimum Gasteiger partial charge on any atom is -0.336 e. The van der Waals surface area contributed by atoms with E-state index in [1.54, 1.807) is 4.90 Å². The number of sulfonamides is 1. The Morgan fingerprint density at radius 1 is 1.48 bits per heavy atom. The molecular weight excluding hydrogens is 372 g/mol. The standard InChI is InChI=1S/C14H20N4O5S.ClH/c1-11-9-15-6-7-17(11)14(19)10-16(2)24(22,23)13-5-3-4-12(8-13)18(20)21;/h3-5,8,11,15H,6-7,9-10H2,1-2H3;1H. The van der Waals surface area contributed by atoms with Crippen LogP contribution >= 0.6 is 12.4 Å². The van der Waals surface area contributed by atoms with Gasteiger partial charge in [-0.05, 0) is 13.0 Å². The number of nitrogens with one attached hydrogen (secondary N) is 1. The molecule has 1 fully saturated rings. The molecule has 1 aromatic rings. The molecule has 1 unspecified atom stereocenters. The van der Waals surface area contributed by atoms with E-state index in [2.05, 4.69) is 5.32 Å². The van der Waals surface area contributed by atoms with Crippen LogP contribution in [0.15, 0.2) is 29.2 Å². The van der Waals surface area contributed by atoms with E-state index in [9.17, 15) is 23.3 Å². The third-order valence-corrected chi connectivity index (χ3v) is 5.72. The number of benzene rings is 1. The minimum atomic E-state index is -3.98. The van der Waals surface area contributed by atoms with Crippen LogP contribution in [0, 0.1) is 10.1 Å². The molecule has 0 spiro atoms. The lowest BCUT2D eigenvalue weighted by Crippen LogP contribution is -2.54. The fourth-order valence-electron chi connectivity index (χ4n) is 2.52. The minimum absolute atomic E-state index is 0. The number of hydrogen-bond acceptors (Lipinski definition) is 6. The number of halogens is 1. The molecule has 0 aromatic heterocycles. The largest absolute Gasteiger partial charge is 0.336 e. The molecule has 140 valence electrons. The van der Waals surface area contributed by atoms with Gasteiger partial charge in [0.15, 0.2) is 0 Å². The summed E-state index contributed by atoms with van der Waals surface area (Å²) < 4.78 is 26.0.